The number of carbonyl (C=O) groups excluding carboxylic acids is 1. The summed E-state index contributed by atoms with van der Waals surface area (Å²) in [6, 6.07) is 7.21. The second kappa shape index (κ2) is 6.13. The summed E-state index contributed by atoms with van der Waals surface area (Å²) >= 11 is 8.00. The quantitative estimate of drug-likeness (QED) is 0.236. The van der Waals surface area contributed by atoms with Crippen molar-refractivity contribution in [3.63, 3.8) is 0 Å². The maximum Gasteiger partial charge on any atom is 0.363 e. The normalized spacial score (nSPS) is 15.7. The van der Waals surface area contributed by atoms with Crippen LogP contribution in [-0.4, -0.2) is 16.8 Å². The third-order valence-corrected chi connectivity index (χ3v) is 3.79. The van der Waals surface area contributed by atoms with Crippen molar-refractivity contribution in [3.05, 3.63) is 66.3 Å². The Bertz CT molecular complexity index is 887. The monoisotopic (exact) mass is 444 g/mol. The first-order chi connectivity index (χ1) is 10.9. The van der Waals surface area contributed by atoms with E-state index in [0.29, 0.717) is 9.53 Å². The molecule has 0 fully saturated rings. The van der Waals surface area contributed by atoms with Gasteiger partial charge in [-0.1, -0.05) is 11.6 Å². The van der Waals surface area contributed by atoms with Gasteiger partial charge in [0.2, 0.25) is 5.90 Å². The third kappa shape index (κ3) is 3.27. The van der Waals surface area contributed by atoms with Crippen molar-refractivity contribution in [1.29, 1.82) is 0 Å². The largest absolute Gasteiger partial charge is 0.451 e. The van der Waals surface area contributed by atoms with Gasteiger partial charge < -0.3 is 9.15 Å². The molecule has 0 bridgehead atoms. The summed E-state index contributed by atoms with van der Waals surface area (Å²) in [6.45, 7) is 0. The van der Waals surface area contributed by atoms with Crippen LogP contribution in [0.25, 0.3) is 6.08 Å². The molecule has 1 aliphatic heterocycles. The van der Waals surface area contributed by atoms with Crippen LogP contribution in [0, 0.1) is 13.9 Å². The van der Waals surface area contributed by atoms with Crippen LogP contribution in [-0.2, 0) is 9.53 Å². The summed E-state index contributed by atoms with van der Waals surface area (Å²) in [7, 11) is 0. The van der Waals surface area contributed by atoms with Gasteiger partial charge in [-0.05, 0) is 40.8 Å². The molecule has 0 saturated carbocycles. The molecule has 1 aromatic heterocycles. The zero-order valence-electron chi connectivity index (χ0n) is 11.2. The summed E-state index contributed by atoms with van der Waals surface area (Å²) in [5.74, 6) is -0.332. The molecule has 0 saturated heterocycles. The van der Waals surface area contributed by atoms with Crippen molar-refractivity contribution in [1.82, 2.24) is 0 Å². The van der Waals surface area contributed by atoms with Gasteiger partial charge in [-0.2, -0.15) is 0 Å². The summed E-state index contributed by atoms with van der Waals surface area (Å²) in [4.78, 5) is 26.2. The predicted octanol–water partition coefficient (Wildman–Crippen LogP) is 3.79. The fourth-order valence-corrected chi connectivity index (χ4v) is 2.49. The number of non-ortho nitro benzene ring substituents is 1. The minimum Gasteiger partial charge on any atom is -0.451 e. The van der Waals surface area contributed by atoms with Crippen LogP contribution in [0.15, 0.2) is 45.4 Å². The number of cyclic esters (lactones) is 1. The molecular formula is C14H6ClIN2O5. The van der Waals surface area contributed by atoms with Gasteiger partial charge in [-0.25, -0.2) is 9.79 Å². The Kier molecular flexibility index (Phi) is 4.18. The van der Waals surface area contributed by atoms with Crippen LogP contribution in [0.2, 0.25) is 5.02 Å². The minimum absolute atomic E-state index is 0.0216. The maximum absolute atomic E-state index is 11.9. The number of benzene rings is 1. The Morgan fingerprint density at radius 1 is 1.30 bits per heavy atom. The molecule has 1 aromatic carbocycles. The van der Waals surface area contributed by atoms with Crippen molar-refractivity contribution in [2.24, 2.45) is 4.99 Å². The smallest absolute Gasteiger partial charge is 0.363 e. The average molecular weight is 445 g/mol. The lowest BCUT2D eigenvalue weighted by molar-refractivity contribution is -0.384. The van der Waals surface area contributed by atoms with E-state index in [1.807, 2.05) is 22.6 Å². The van der Waals surface area contributed by atoms with E-state index in [2.05, 4.69) is 4.99 Å². The van der Waals surface area contributed by atoms with Crippen molar-refractivity contribution in [2.75, 3.05) is 0 Å². The number of halogens is 2. The van der Waals surface area contributed by atoms with Crippen molar-refractivity contribution >= 4 is 57.8 Å². The number of rotatable bonds is 3. The number of nitro benzene ring substituents is 1. The Labute approximate surface area is 147 Å². The Morgan fingerprint density at radius 2 is 2.09 bits per heavy atom. The number of hydrogen-bond acceptors (Lipinski definition) is 6. The number of furan rings is 1. The van der Waals surface area contributed by atoms with Crippen LogP contribution in [0.3, 0.4) is 0 Å². The van der Waals surface area contributed by atoms with Crippen molar-refractivity contribution in [3.8, 4) is 0 Å². The predicted molar refractivity (Wildman–Crippen MR) is 90.1 cm³/mol. The maximum atomic E-state index is 11.9. The zero-order valence-corrected chi connectivity index (χ0v) is 14.1. The second-order valence-corrected chi connectivity index (χ2v) is 5.87. The van der Waals surface area contributed by atoms with Crippen LogP contribution in [0.4, 0.5) is 5.69 Å². The number of aliphatic imine (C=N–C) groups is 1. The highest BCUT2D eigenvalue weighted by Crippen LogP contribution is 2.27. The Hall–Kier alpha value is -2.20. The minimum atomic E-state index is -0.686. The van der Waals surface area contributed by atoms with E-state index in [1.54, 1.807) is 12.1 Å². The molecule has 23 heavy (non-hydrogen) atoms. The highest BCUT2D eigenvalue weighted by Gasteiger charge is 2.27. The van der Waals surface area contributed by atoms with Gasteiger partial charge in [-0.15, -0.1) is 0 Å². The van der Waals surface area contributed by atoms with Gasteiger partial charge in [0.05, 0.1) is 15.5 Å². The van der Waals surface area contributed by atoms with Gasteiger partial charge in [0, 0.05) is 18.2 Å². The molecule has 0 unspecified atom stereocenters. The number of nitrogens with zero attached hydrogens (tertiary/aromatic N) is 2. The molecule has 3 rings (SSSR count). The molecule has 0 atom stereocenters. The van der Waals surface area contributed by atoms with Gasteiger partial charge in [0.1, 0.15) is 5.76 Å². The summed E-state index contributed by atoms with van der Waals surface area (Å²) in [5.41, 5.74) is 0.0149. The molecule has 1 aliphatic rings. The van der Waals surface area contributed by atoms with Gasteiger partial charge in [-0.3, -0.25) is 10.1 Å². The number of nitro groups is 1. The summed E-state index contributed by atoms with van der Waals surface area (Å²) < 4.78 is 11.0. The van der Waals surface area contributed by atoms with Gasteiger partial charge in [0.25, 0.3) is 5.69 Å². The third-order valence-electron chi connectivity index (χ3n) is 2.88. The number of hydrogen-bond donors (Lipinski definition) is 0. The molecule has 2 aromatic rings. The molecule has 7 nitrogen and oxygen atoms in total. The van der Waals surface area contributed by atoms with E-state index in [4.69, 9.17) is 20.8 Å². The van der Waals surface area contributed by atoms with Crippen LogP contribution in [0.5, 0.6) is 0 Å². The highest BCUT2D eigenvalue weighted by atomic mass is 127. The standard InChI is InChI=1S/C14H6ClIN2O5/c15-10-3-1-7(18(20)21)5-9(10)13-17-11(14(19)23-13)6-8-2-4-12(16)22-8/h1-6H/b11-6+. The lowest BCUT2D eigenvalue weighted by atomic mass is 10.2. The Balaban J connectivity index is 2.00. The van der Waals surface area contributed by atoms with Gasteiger partial charge in [0.15, 0.2) is 9.46 Å². The first kappa shape index (κ1) is 15.7. The van der Waals surface area contributed by atoms with E-state index in [0.717, 1.165) is 0 Å². The van der Waals surface area contributed by atoms with E-state index in [9.17, 15) is 14.9 Å². The molecular weight excluding hydrogens is 439 g/mol. The van der Waals surface area contributed by atoms with Crippen molar-refractivity contribution in [2.45, 2.75) is 0 Å². The highest BCUT2D eigenvalue weighted by molar-refractivity contribution is 14.1. The fourth-order valence-electron chi connectivity index (χ4n) is 1.86. The van der Waals surface area contributed by atoms with Crippen LogP contribution < -0.4 is 0 Å². The van der Waals surface area contributed by atoms with Crippen molar-refractivity contribution < 1.29 is 18.9 Å². The van der Waals surface area contributed by atoms with Gasteiger partial charge >= 0.3 is 5.97 Å². The second-order valence-electron chi connectivity index (χ2n) is 4.40. The van der Waals surface area contributed by atoms with Crippen LogP contribution in [0.1, 0.15) is 11.3 Å². The molecule has 0 N–H and O–H groups in total. The van der Waals surface area contributed by atoms with E-state index in [-0.39, 0.29) is 27.9 Å². The Morgan fingerprint density at radius 3 is 2.74 bits per heavy atom. The fraction of sp³-hybridized carbons (Fsp3) is 0. The SMILES string of the molecule is O=C1OC(c2cc([N+](=O)[O-])ccc2Cl)=N/C1=C/c1ccc(I)o1. The molecule has 0 radical (unpaired) electrons. The molecule has 0 spiro atoms. The number of ether oxygens (including phenoxy) is 1. The van der Waals surface area contributed by atoms with E-state index < -0.39 is 10.9 Å². The first-order valence-electron chi connectivity index (χ1n) is 6.16. The first-order valence-corrected chi connectivity index (χ1v) is 7.62. The molecule has 0 aliphatic carbocycles. The topological polar surface area (TPSA) is 94.9 Å². The summed E-state index contributed by atoms with van der Waals surface area (Å²) in [6.07, 6.45) is 1.42. The number of esters is 1. The molecule has 2 heterocycles. The van der Waals surface area contributed by atoms with E-state index in [1.165, 1.54) is 24.3 Å². The molecule has 116 valence electrons. The zero-order chi connectivity index (χ0) is 16.6. The average Bonchev–Trinajstić information content (AvgIpc) is 3.06. The molecule has 9 heteroatoms. The summed E-state index contributed by atoms with van der Waals surface area (Å²) in [5, 5.41) is 11.0. The molecule has 0 amide bonds. The van der Waals surface area contributed by atoms with E-state index >= 15 is 0 Å². The lowest BCUT2D eigenvalue weighted by Crippen LogP contribution is -2.06. The van der Waals surface area contributed by atoms with Crippen LogP contribution >= 0.6 is 34.2 Å². The lowest BCUT2D eigenvalue weighted by Gasteiger charge is -2.02. The number of carbonyl (C=O) groups is 1.